The van der Waals surface area contributed by atoms with E-state index in [0.29, 0.717) is 13.0 Å². The summed E-state index contributed by atoms with van der Waals surface area (Å²) in [5.41, 5.74) is 1.88. The number of anilines is 1. The zero-order chi connectivity index (χ0) is 23.8. The minimum absolute atomic E-state index is 0.0201. The lowest BCUT2D eigenvalue weighted by Crippen LogP contribution is -2.43. The van der Waals surface area contributed by atoms with Crippen LogP contribution in [0.2, 0.25) is 18.6 Å². The molecule has 0 spiro atoms. The van der Waals surface area contributed by atoms with E-state index >= 15 is 4.11 Å². The van der Waals surface area contributed by atoms with Crippen molar-refractivity contribution in [2.75, 3.05) is 24.6 Å². The Morgan fingerprint density at radius 1 is 1.21 bits per heavy atom. The monoisotopic (exact) mass is 476 g/mol. The fourth-order valence-corrected chi connectivity index (χ4v) is 8.50. The second-order valence-corrected chi connectivity index (χ2v) is 14.2. The summed E-state index contributed by atoms with van der Waals surface area (Å²) in [6, 6.07) is 7.96. The molecule has 182 valence electrons. The molecular formula is C25H37FN2O4Si. The number of hydrogen-bond acceptors (Lipinski definition) is 4. The number of carbonyl (C=O) groups is 2. The zero-order valence-corrected chi connectivity index (χ0v) is 21.0. The molecule has 6 nitrogen and oxygen atoms in total. The van der Waals surface area contributed by atoms with Gasteiger partial charge in [0.2, 0.25) is 20.2 Å². The molecule has 5 atom stereocenters. The van der Waals surface area contributed by atoms with Crippen LogP contribution in [0.4, 0.5) is 9.80 Å². The molecule has 3 heterocycles. The average molecular weight is 477 g/mol. The second kappa shape index (κ2) is 9.84. The predicted molar refractivity (Wildman–Crippen MR) is 128 cm³/mol. The number of halogens is 1. The van der Waals surface area contributed by atoms with E-state index in [0.717, 1.165) is 37.9 Å². The Hall–Kier alpha value is -1.77. The van der Waals surface area contributed by atoms with E-state index in [4.69, 9.17) is 4.74 Å². The molecule has 1 N–H and O–H groups in total. The molecule has 3 saturated heterocycles. The third-order valence-electron chi connectivity index (χ3n) is 7.80. The molecule has 0 unspecified atom stereocenters. The van der Waals surface area contributed by atoms with Crippen molar-refractivity contribution in [3.8, 4) is 0 Å². The molecule has 4 rings (SSSR count). The van der Waals surface area contributed by atoms with Crippen molar-refractivity contribution in [1.82, 2.24) is 4.90 Å². The molecule has 3 aliphatic heterocycles. The van der Waals surface area contributed by atoms with Gasteiger partial charge in [0.05, 0.1) is 31.3 Å². The minimum atomic E-state index is -3.04. The summed E-state index contributed by atoms with van der Waals surface area (Å²) in [6.45, 7) is 6.94. The van der Waals surface area contributed by atoms with Crippen molar-refractivity contribution in [3.05, 3.63) is 29.8 Å². The van der Waals surface area contributed by atoms with Gasteiger partial charge >= 0.3 is 0 Å². The fourth-order valence-electron chi connectivity index (χ4n) is 5.96. The first-order valence-electron chi connectivity index (χ1n) is 12.3. The first-order valence-corrected chi connectivity index (χ1v) is 15.3. The van der Waals surface area contributed by atoms with Gasteiger partial charge in [-0.15, -0.1) is 0 Å². The quantitative estimate of drug-likeness (QED) is 0.353. The highest BCUT2D eigenvalue weighted by Crippen LogP contribution is 2.47. The number of carbonyl (C=O) groups excluding carboxylic acids is 2. The SMILES string of the molecule is C[C@H]1[C@H]([Si](C)(C)F)[C@@H](CC(=O)N2CCC[C@H]2CO)O[C@H]1CCc1ccc(N2CCC2=O)cc1. The summed E-state index contributed by atoms with van der Waals surface area (Å²) < 4.78 is 21.7. The topological polar surface area (TPSA) is 70.1 Å². The highest BCUT2D eigenvalue weighted by Gasteiger charge is 2.52. The molecule has 0 aromatic heterocycles. The molecule has 1 aromatic rings. The molecule has 1 aromatic carbocycles. The van der Waals surface area contributed by atoms with Crippen molar-refractivity contribution in [2.24, 2.45) is 5.92 Å². The van der Waals surface area contributed by atoms with Crippen molar-refractivity contribution < 1.29 is 23.5 Å². The predicted octanol–water partition coefficient (Wildman–Crippen LogP) is 3.68. The van der Waals surface area contributed by atoms with Crippen LogP contribution in [-0.2, 0) is 20.7 Å². The third kappa shape index (κ3) is 5.17. The number of nitrogens with zero attached hydrogens (tertiary/aromatic N) is 2. The average Bonchev–Trinajstić information content (AvgIpc) is 3.36. The van der Waals surface area contributed by atoms with E-state index in [1.807, 2.05) is 12.1 Å². The maximum absolute atomic E-state index is 15.4. The number of aliphatic hydroxyl groups excluding tert-OH is 1. The van der Waals surface area contributed by atoms with Gasteiger partial charge in [0.15, 0.2) is 0 Å². The van der Waals surface area contributed by atoms with Gasteiger partial charge in [-0.3, -0.25) is 9.59 Å². The van der Waals surface area contributed by atoms with Crippen molar-refractivity contribution in [2.45, 2.75) is 82.3 Å². The number of ether oxygens (including phenoxy) is 1. The van der Waals surface area contributed by atoms with E-state index in [1.165, 1.54) is 5.56 Å². The summed E-state index contributed by atoms with van der Waals surface area (Å²) in [5, 5.41) is 9.57. The maximum atomic E-state index is 15.4. The second-order valence-electron chi connectivity index (χ2n) is 10.4. The van der Waals surface area contributed by atoms with Crippen molar-refractivity contribution in [3.63, 3.8) is 0 Å². The molecule has 2 amide bonds. The molecule has 33 heavy (non-hydrogen) atoms. The first-order chi connectivity index (χ1) is 15.7. The molecular weight excluding hydrogens is 439 g/mol. The molecule has 0 bridgehead atoms. The van der Waals surface area contributed by atoms with Crippen LogP contribution >= 0.6 is 0 Å². The van der Waals surface area contributed by atoms with Gasteiger partial charge in [-0.05, 0) is 62.4 Å². The Morgan fingerprint density at radius 3 is 2.52 bits per heavy atom. The van der Waals surface area contributed by atoms with Gasteiger partial charge in [-0.2, -0.15) is 0 Å². The van der Waals surface area contributed by atoms with E-state index in [2.05, 4.69) is 19.1 Å². The maximum Gasteiger partial charge on any atom is 0.246 e. The highest BCUT2D eigenvalue weighted by atomic mass is 28.4. The Morgan fingerprint density at radius 2 is 1.94 bits per heavy atom. The third-order valence-corrected chi connectivity index (χ3v) is 10.3. The van der Waals surface area contributed by atoms with E-state index in [9.17, 15) is 14.7 Å². The van der Waals surface area contributed by atoms with Gasteiger partial charge in [0.25, 0.3) is 0 Å². The summed E-state index contributed by atoms with van der Waals surface area (Å²) in [7, 11) is -3.04. The number of β-lactam (4-membered cyclic amide) rings is 1. The van der Waals surface area contributed by atoms with E-state index in [-0.39, 0.29) is 48.4 Å². The number of aryl methyl sites for hydroxylation is 1. The largest absolute Gasteiger partial charge is 0.394 e. The molecule has 0 aliphatic carbocycles. The van der Waals surface area contributed by atoms with Crippen molar-refractivity contribution >= 4 is 25.9 Å². The van der Waals surface area contributed by atoms with Gasteiger partial charge < -0.3 is 23.8 Å². The lowest BCUT2D eigenvalue weighted by atomic mass is 9.95. The smallest absolute Gasteiger partial charge is 0.246 e. The van der Waals surface area contributed by atoms with Gasteiger partial charge in [0, 0.05) is 30.7 Å². The molecule has 0 saturated carbocycles. The van der Waals surface area contributed by atoms with E-state index < -0.39 is 14.5 Å². The number of benzene rings is 1. The Bertz CT molecular complexity index is 859. The minimum Gasteiger partial charge on any atom is -0.394 e. The van der Waals surface area contributed by atoms with Crippen LogP contribution in [0.25, 0.3) is 0 Å². The van der Waals surface area contributed by atoms with Gasteiger partial charge in [-0.25, -0.2) is 0 Å². The summed E-state index contributed by atoms with van der Waals surface area (Å²) in [4.78, 5) is 28.2. The summed E-state index contributed by atoms with van der Waals surface area (Å²) >= 11 is 0. The summed E-state index contributed by atoms with van der Waals surface area (Å²) in [5.74, 6) is 0.197. The number of rotatable bonds is 8. The first kappa shape index (κ1) is 24.4. The number of hydrogen-bond donors (Lipinski definition) is 1. The fraction of sp³-hybridized carbons (Fsp3) is 0.680. The number of aliphatic hydroxyl groups is 1. The van der Waals surface area contributed by atoms with Gasteiger partial charge in [-0.1, -0.05) is 19.1 Å². The number of likely N-dealkylation sites (tertiary alicyclic amines) is 1. The molecule has 0 radical (unpaired) electrons. The standard InChI is InChI=1S/C25H37FN2O4Si/c1-17-21(11-8-18-6-9-19(10-7-18)28-14-12-23(28)30)32-22(25(17)33(2,3)26)15-24(31)27-13-4-5-20(27)16-29/h6-7,9-10,17,20-22,25,29H,4-5,8,11-16H2,1-3H3/t17-,20+,21+,22-,25+/m1/s1. The zero-order valence-electron chi connectivity index (χ0n) is 20.0. The Balaban J connectivity index is 1.38. The lowest BCUT2D eigenvalue weighted by Gasteiger charge is -2.30. The van der Waals surface area contributed by atoms with E-state index in [1.54, 1.807) is 22.9 Å². The molecule has 3 fully saturated rings. The Labute approximate surface area is 197 Å². The highest BCUT2D eigenvalue weighted by molar-refractivity contribution is 6.72. The van der Waals surface area contributed by atoms with Crippen LogP contribution in [0.3, 0.4) is 0 Å². The van der Waals surface area contributed by atoms with Crippen LogP contribution in [0, 0.1) is 5.92 Å². The molecule has 8 heteroatoms. The normalized spacial score (nSPS) is 30.1. The van der Waals surface area contributed by atoms with Crippen LogP contribution < -0.4 is 4.90 Å². The van der Waals surface area contributed by atoms with Crippen LogP contribution in [-0.4, -0.2) is 68.2 Å². The Kier molecular flexibility index (Phi) is 7.26. The van der Waals surface area contributed by atoms with Crippen molar-refractivity contribution in [1.29, 1.82) is 0 Å². The van der Waals surface area contributed by atoms with Gasteiger partial charge in [0.1, 0.15) is 0 Å². The van der Waals surface area contributed by atoms with Crippen LogP contribution in [0.5, 0.6) is 0 Å². The molecule has 3 aliphatic rings. The van der Waals surface area contributed by atoms with Crippen LogP contribution in [0.1, 0.15) is 44.6 Å². The lowest BCUT2D eigenvalue weighted by molar-refractivity contribution is -0.135. The van der Waals surface area contributed by atoms with Crippen LogP contribution in [0.15, 0.2) is 24.3 Å². The number of amides is 2. The summed E-state index contributed by atoms with van der Waals surface area (Å²) in [6.07, 6.45) is 3.64.